The molecular weight excluding hydrogens is 322 g/mol. The van der Waals surface area contributed by atoms with E-state index < -0.39 is 0 Å². The van der Waals surface area contributed by atoms with Gasteiger partial charge in [0.05, 0.1) is 14.2 Å². The maximum atomic E-state index is 11.9. The van der Waals surface area contributed by atoms with Gasteiger partial charge in [-0.3, -0.25) is 4.79 Å². The Bertz CT molecular complexity index is 770. The molecule has 132 valence electrons. The fourth-order valence-corrected chi connectivity index (χ4v) is 2.29. The van der Waals surface area contributed by atoms with Crippen LogP contribution in [-0.2, 0) is 11.2 Å². The molecule has 2 aromatic carbocycles. The summed E-state index contributed by atoms with van der Waals surface area (Å²) in [6, 6.07) is 9.71. The van der Waals surface area contributed by atoms with E-state index in [0.29, 0.717) is 24.5 Å². The molecule has 0 bridgehead atoms. The van der Waals surface area contributed by atoms with E-state index in [1.807, 2.05) is 0 Å². The molecule has 0 aliphatic heterocycles. The fourth-order valence-electron chi connectivity index (χ4n) is 2.29. The molecule has 0 atom stereocenters. The van der Waals surface area contributed by atoms with Crippen LogP contribution in [0.15, 0.2) is 42.5 Å². The van der Waals surface area contributed by atoms with E-state index in [-0.39, 0.29) is 17.4 Å². The molecule has 6 nitrogen and oxygen atoms in total. The molecule has 2 rings (SSSR count). The molecule has 0 saturated heterocycles. The van der Waals surface area contributed by atoms with Gasteiger partial charge in [-0.15, -0.1) is 0 Å². The third-order valence-electron chi connectivity index (χ3n) is 3.60. The third-order valence-corrected chi connectivity index (χ3v) is 3.60. The van der Waals surface area contributed by atoms with E-state index >= 15 is 0 Å². The Hall–Kier alpha value is -3.15. The lowest BCUT2D eigenvalue weighted by molar-refractivity contribution is -0.116. The molecule has 0 aromatic heterocycles. The quantitative estimate of drug-likeness (QED) is 0.672. The van der Waals surface area contributed by atoms with Crippen LogP contribution in [0.1, 0.15) is 11.1 Å². The number of amides is 1. The molecule has 0 unspecified atom stereocenters. The molecule has 0 radical (unpaired) electrons. The van der Waals surface area contributed by atoms with Crippen LogP contribution in [0.3, 0.4) is 0 Å². The summed E-state index contributed by atoms with van der Waals surface area (Å²) in [5.74, 6) is 0.886. The molecular formula is C19H21NO5. The lowest BCUT2D eigenvalue weighted by atomic mass is 10.1. The van der Waals surface area contributed by atoms with Crippen molar-refractivity contribution >= 4 is 12.0 Å². The smallest absolute Gasteiger partial charge is 0.244 e. The molecule has 0 aliphatic carbocycles. The Morgan fingerprint density at radius 2 is 1.84 bits per heavy atom. The molecule has 0 saturated carbocycles. The number of carbonyl (C=O) groups excluding carboxylic acids is 1. The van der Waals surface area contributed by atoms with Crippen LogP contribution in [0.25, 0.3) is 6.08 Å². The second-order valence-electron chi connectivity index (χ2n) is 5.30. The maximum absolute atomic E-state index is 11.9. The summed E-state index contributed by atoms with van der Waals surface area (Å²) >= 11 is 0. The molecule has 25 heavy (non-hydrogen) atoms. The molecule has 6 heteroatoms. The normalized spacial score (nSPS) is 10.6. The summed E-state index contributed by atoms with van der Waals surface area (Å²) in [5.41, 5.74) is 1.64. The molecule has 0 fully saturated rings. The first-order valence-corrected chi connectivity index (χ1v) is 7.72. The van der Waals surface area contributed by atoms with Crippen molar-refractivity contribution < 1.29 is 24.5 Å². The van der Waals surface area contributed by atoms with E-state index in [2.05, 4.69) is 5.32 Å². The van der Waals surface area contributed by atoms with Gasteiger partial charge in [0.25, 0.3) is 0 Å². The Balaban J connectivity index is 1.88. The van der Waals surface area contributed by atoms with Gasteiger partial charge in [-0.2, -0.15) is 0 Å². The van der Waals surface area contributed by atoms with Crippen LogP contribution < -0.4 is 14.8 Å². The number of hydrogen-bond acceptors (Lipinski definition) is 5. The van der Waals surface area contributed by atoms with Gasteiger partial charge >= 0.3 is 0 Å². The highest BCUT2D eigenvalue weighted by Crippen LogP contribution is 2.26. The number of aromatic hydroxyl groups is 2. The summed E-state index contributed by atoms with van der Waals surface area (Å²) in [6.07, 6.45) is 3.63. The van der Waals surface area contributed by atoms with Gasteiger partial charge < -0.3 is 25.0 Å². The Morgan fingerprint density at radius 1 is 1.08 bits per heavy atom. The maximum Gasteiger partial charge on any atom is 0.244 e. The minimum Gasteiger partial charge on any atom is -0.508 e. The summed E-state index contributed by atoms with van der Waals surface area (Å²) in [7, 11) is 3.00. The average molecular weight is 343 g/mol. The van der Waals surface area contributed by atoms with Crippen molar-refractivity contribution in [2.45, 2.75) is 6.42 Å². The molecule has 3 N–H and O–H groups in total. The third kappa shape index (κ3) is 5.17. The van der Waals surface area contributed by atoms with Gasteiger partial charge in [0.15, 0.2) is 11.5 Å². The van der Waals surface area contributed by atoms with Crippen molar-refractivity contribution in [1.82, 2.24) is 5.32 Å². The van der Waals surface area contributed by atoms with Crippen LogP contribution in [0.2, 0.25) is 0 Å². The summed E-state index contributed by atoms with van der Waals surface area (Å²) in [5, 5.41) is 21.8. The highest BCUT2D eigenvalue weighted by Gasteiger charge is 2.05. The number of rotatable bonds is 7. The molecule has 1 amide bonds. The number of methoxy groups -OCH3 is 2. The van der Waals surface area contributed by atoms with E-state index in [9.17, 15) is 15.0 Å². The lowest BCUT2D eigenvalue weighted by Crippen LogP contribution is -2.23. The lowest BCUT2D eigenvalue weighted by Gasteiger charge is -2.09. The zero-order valence-electron chi connectivity index (χ0n) is 14.2. The van der Waals surface area contributed by atoms with Crippen molar-refractivity contribution in [3.63, 3.8) is 0 Å². The zero-order valence-corrected chi connectivity index (χ0v) is 14.2. The van der Waals surface area contributed by atoms with Crippen molar-refractivity contribution in [1.29, 1.82) is 0 Å². The second-order valence-corrected chi connectivity index (χ2v) is 5.30. The van der Waals surface area contributed by atoms with Crippen LogP contribution in [0.5, 0.6) is 23.0 Å². The average Bonchev–Trinajstić information content (AvgIpc) is 2.62. The fraction of sp³-hybridized carbons (Fsp3) is 0.211. The second kappa shape index (κ2) is 8.63. The number of nitrogens with one attached hydrogen (secondary N) is 1. The SMILES string of the molecule is COc1cc(/C=C/C(=O)NCCc2ccc(O)cc2OC)ccc1O. The van der Waals surface area contributed by atoms with Gasteiger partial charge in [-0.25, -0.2) is 0 Å². The van der Waals surface area contributed by atoms with Gasteiger partial charge in [0, 0.05) is 18.7 Å². The van der Waals surface area contributed by atoms with E-state index in [4.69, 9.17) is 9.47 Å². The van der Waals surface area contributed by atoms with Gasteiger partial charge in [-0.05, 0) is 41.8 Å². The number of phenolic OH excluding ortho intramolecular Hbond substituents is 2. The minimum absolute atomic E-state index is 0.0481. The molecule has 0 spiro atoms. The van der Waals surface area contributed by atoms with Crippen LogP contribution in [0.4, 0.5) is 0 Å². The van der Waals surface area contributed by atoms with E-state index in [1.54, 1.807) is 30.3 Å². The van der Waals surface area contributed by atoms with Crippen molar-refractivity contribution in [2.75, 3.05) is 20.8 Å². The van der Waals surface area contributed by atoms with Crippen LogP contribution in [-0.4, -0.2) is 36.9 Å². The van der Waals surface area contributed by atoms with Crippen LogP contribution >= 0.6 is 0 Å². The molecule has 0 aliphatic rings. The number of ether oxygens (including phenoxy) is 2. The van der Waals surface area contributed by atoms with E-state index in [0.717, 1.165) is 11.1 Å². The Morgan fingerprint density at radius 3 is 2.56 bits per heavy atom. The van der Waals surface area contributed by atoms with Gasteiger partial charge in [0.2, 0.25) is 5.91 Å². The monoisotopic (exact) mass is 343 g/mol. The summed E-state index contributed by atoms with van der Waals surface area (Å²) < 4.78 is 10.2. The van der Waals surface area contributed by atoms with Crippen molar-refractivity contribution in [2.24, 2.45) is 0 Å². The van der Waals surface area contributed by atoms with Crippen molar-refractivity contribution in [3.8, 4) is 23.0 Å². The standard InChI is InChI=1S/C19H21NO5/c1-24-17-12-15(21)6-5-14(17)9-10-20-19(23)8-4-13-3-7-16(22)18(11-13)25-2/h3-8,11-12,21-22H,9-10H2,1-2H3,(H,20,23)/b8-4+. The van der Waals surface area contributed by atoms with Crippen LogP contribution in [0, 0.1) is 0 Å². The predicted molar refractivity (Wildman–Crippen MR) is 95.1 cm³/mol. The number of benzene rings is 2. The molecule has 2 aromatic rings. The summed E-state index contributed by atoms with van der Waals surface area (Å²) in [6.45, 7) is 0.434. The van der Waals surface area contributed by atoms with Gasteiger partial charge in [-0.1, -0.05) is 12.1 Å². The predicted octanol–water partition coefficient (Wildman–Crippen LogP) is 2.49. The zero-order chi connectivity index (χ0) is 18.2. The molecule has 0 heterocycles. The minimum atomic E-state index is -0.232. The van der Waals surface area contributed by atoms with Crippen molar-refractivity contribution in [3.05, 3.63) is 53.6 Å². The summed E-state index contributed by atoms with van der Waals surface area (Å²) in [4.78, 5) is 11.9. The first kappa shape index (κ1) is 18.2. The number of carbonyl (C=O) groups is 1. The Labute approximate surface area is 146 Å². The first-order valence-electron chi connectivity index (χ1n) is 7.72. The number of phenols is 2. The largest absolute Gasteiger partial charge is 0.508 e. The highest BCUT2D eigenvalue weighted by molar-refractivity contribution is 5.91. The first-order chi connectivity index (χ1) is 12.0. The highest BCUT2D eigenvalue weighted by atomic mass is 16.5. The number of hydrogen-bond donors (Lipinski definition) is 3. The Kier molecular flexibility index (Phi) is 6.28. The topological polar surface area (TPSA) is 88.0 Å². The van der Waals surface area contributed by atoms with E-state index in [1.165, 1.54) is 32.4 Å². The van der Waals surface area contributed by atoms with Gasteiger partial charge in [0.1, 0.15) is 11.5 Å².